The highest BCUT2D eigenvalue weighted by atomic mass is 32.2. The number of hydrogen-bond acceptors (Lipinski definition) is 3. The summed E-state index contributed by atoms with van der Waals surface area (Å²) in [5, 5.41) is 2.07. The van der Waals surface area contributed by atoms with E-state index in [-0.39, 0.29) is 11.4 Å². The van der Waals surface area contributed by atoms with Gasteiger partial charge in [0, 0.05) is 6.54 Å². The summed E-state index contributed by atoms with van der Waals surface area (Å²) >= 11 is 0. The topological polar surface area (TPSA) is 66.5 Å². The zero-order valence-electron chi connectivity index (χ0n) is 15.6. The van der Waals surface area contributed by atoms with Gasteiger partial charge >= 0.3 is 0 Å². The van der Waals surface area contributed by atoms with Gasteiger partial charge in [0.2, 0.25) is 15.9 Å². The smallest absolute Gasteiger partial charge is 0.243 e. The third kappa shape index (κ3) is 5.05. The summed E-state index contributed by atoms with van der Waals surface area (Å²) in [6, 6.07) is 15.7. The van der Waals surface area contributed by atoms with Crippen LogP contribution in [0.5, 0.6) is 0 Å². The lowest BCUT2D eigenvalue weighted by atomic mass is 10.2. The molecule has 0 bridgehead atoms. The van der Waals surface area contributed by atoms with Gasteiger partial charge in [0.15, 0.2) is 0 Å². The predicted octanol–water partition coefficient (Wildman–Crippen LogP) is 3.93. The van der Waals surface area contributed by atoms with Crippen LogP contribution >= 0.6 is 0 Å². The maximum atomic E-state index is 13.8. The lowest BCUT2D eigenvalue weighted by molar-refractivity contribution is -0.116. The van der Waals surface area contributed by atoms with Gasteiger partial charge in [0.1, 0.15) is 23.1 Å². The molecule has 0 fully saturated rings. The van der Waals surface area contributed by atoms with Crippen molar-refractivity contribution >= 4 is 21.6 Å². The number of halogens is 3. The average Bonchev–Trinajstić information content (AvgIpc) is 2.71. The highest BCUT2D eigenvalue weighted by Crippen LogP contribution is 2.21. The fraction of sp³-hybridized carbons (Fsp3) is 0.0952. The average molecular weight is 434 g/mol. The summed E-state index contributed by atoms with van der Waals surface area (Å²) in [5.41, 5.74) is -0.0746. The monoisotopic (exact) mass is 434 g/mol. The Morgan fingerprint density at radius 2 is 1.43 bits per heavy atom. The number of nitrogens with one attached hydrogen (secondary N) is 1. The Bertz CT molecular complexity index is 1120. The summed E-state index contributed by atoms with van der Waals surface area (Å²) in [6.45, 7) is -0.879. The summed E-state index contributed by atoms with van der Waals surface area (Å²) in [7, 11) is -4.21. The standard InChI is InChI=1S/C21H17F3N2O3S/c22-16-9-11-17(12-10-16)30(28,29)26(13-15-5-2-1-3-6-15)14-20(27)25-21-18(23)7-4-8-19(21)24/h1-12H,13-14H2,(H,25,27). The van der Waals surface area contributed by atoms with Crippen LogP contribution < -0.4 is 5.32 Å². The van der Waals surface area contributed by atoms with E-state index in [1.807, 2.05) is 0 Å². The molecule has 0 radical (unpaired) electrons. The second-order valence-corrected chi connectivity index (χ2v) is 8.30. The van der Waals surface area contributed by atoms with Crippen LogP contribution in [0.1, 0.15) is 5.56 Å². The van der Waals surface area contributed by atoms with E-state index >= 15 is 0 Å². The number of rotatable bonds is 7. The lowest BCUT2D eigenvalue weighted by Crippen LogP contribution is -2.37. The van der Waals surface area contributed by atoms with Crippen molar-refractivity contribution in [3.05, 3.63) is 95.8 Å². The van der Waals surface area contributed by atoms with Gasteiger partial charge in [-0.05, 0) is 42.0 Å². The maximum absolute atomic E-state index is 13.8. The molecule has 1 N–H and O–H groups in total. The molecule has 3 rings (SSSR count). The summed E-state index contributed by atoms with van der Waals surface area (Å²) < 4.78 is 67.8. The molecule has 156 valence electrons. The van der Waals surface area contributed by atoms with Gasteiger partial charge in [-0.2, -0.15) is 4.31 Å². The van der Waals surface area contributed by atoms with Gasteiger partial charge in [0.05, 0.1) is 11.4 Å². The Morgan fingerprint density at radius 3 is 2.03 bits per heavy atom. The van der Waals surface area contributed by atoms with Crippen molar-refractivity contribution in [3.8, 4) is 0 Å². The Hall–Kier alpha value is -3.17. The minimum atomic E-state index is -4.21. The minimum absolute atomic E-state index is 0.173. The summed E-state index contributed by atoms with van der Waals surface area (Å²) in [6.07, 6.45) is 0. The zero-order chi connectivity index (χ0) is 21.7. The van der Waals surface area contributed by atoms with Crippen molar-refractivity contribution in [1.29, 1.82) is 0 Å². The molecule has 5 nitrogen and oxygen atoms in total. The molecule has 0 saturated carbocycles. The molecule has 0 aliphatic heterocycles. The number of amides is 1. The Kier molecular flexibility index (Phi) is 6.53. The molecule has 1 amide bonds. The quantitative estimate of drug-likeness (QED) is 0.613. The number of carbonyl (C=O) groups excluding carboxylic acids is 1. The number of benzene rings is 3. The third-order valence-corrected chi connectivity index (χ3v) is 6.01. The van der Waals surface area contributed by atoms with Gasteiger partial charge in [0.25, 0.3) is 0 Å². The van der Waals surface area contributed by atoms with Crippen molar-refractivity contribution in [2.75, 3.05) is 11.9 Å². The number of para-hydroxylation sites is 1. The number of hydrogen-bond donors (Lipinski definition) is 1. The van der Waals surface area contributed by atoms with E-state index in [1.54, 1.807) is 30.3 Å². The highest BCUT2D eigenvalue weighted by Gasteiger charge is 2.27. The second-order valence-electron chi connectivity index (χ2n) is 6.36. The SMILES string of the molecule is O=C(CN(Cc1ccccc1)S(=O)(=O)c1ccc(F)cc1)Nc1c(F)cccc1F. The van der Waals surface area contributed by atoms with Crippen LogP contribution in [0.25, 0.3) is 0 Å². The first-order valence-corrected chi connectivity index (χ1v) is 10.2. The normalized spacial score (nSPS) is 11.5. The molecule has 0 heterocycles. The van der Waals surface area contributed by atoms with Crippen molar-refractivity contribution in [1.82, 2.24) is 4.31 Å². The number of sulfonamides is 1. The van der Waals surface area contributed by atoms with Gasteiger partial charge in [-0.25, -0.2) is 21.6 Å². The maximum Gasteiger partial charge on any atom is 0.243 e. The van der Waals surface area contributed by atoms with Crippen LogP contribution in [-0.2, 0) is 21.4 Å². The first-order chi connectivity index (χ1) is 14.3. The van der Waals surface area contributed by atoms with Crippen molar-refractivity contribution in [3.63, 3.8) is 0 Å². The van der Waals surface area contributed by atoms with Gasteiger partial charge in [-0.3, -0.25) is 4.79 Å². The second kappa shape index (κ2) is 9.10. The Balaban J connectivity index is 1.89. The van der Waals surface area contributed by atoms with Crippen molar-refractivity contribution in [2.24, 2.45) is 0 Å². The van der Waals surface area contributed by atoms with Crippen LogP contribution in [0.2, 0.25) is 0 Å². The Morgan fingerprint density at radius 1 is 0.833 bits per heavy atom. The van der Waals surface area contributed by atoms with Gasteiger partial charge < -0.3 is 5.32 Å². The van der Waals surface area contributed by atoms with Crippen molar-refractivity contribution < 1.29 is 26.4 Å². The number of carbonyl (C=O) groups is 1. The van der Waals surface area contributed by atoms with Crippen LogP contribution in [0, 0.1) is 17.5 Å². The predicted molar refractivity (Wildman–Crippen MR) is 105 cm³/mol. The lowest BCUT2D eigenvalue weighted by Gasteiger charge is -2.22. The van der Waals surface area contributed by atoms with E-state index in [9.17, 15) is 26.4 Å². The molecule has 0 atom stereocenters. The fourth-order valence-corrected chi connectivity index (χ4v) is 4.11. The molecule has 0 aliphatic rings. The zero-order valence-corrected chi connectivity index (χ0v) is 16.4. The fourth-order valence-electron chi connectivity index (χ4n) is 2.72. The van der Waals surface area contributed by atoms with Crippen LogP contribution in [0.4, 0.5) is 18.9 Å². The molecule has 3 aromatic carbocycles. The minimum Gasteiger partial charge on any atom is -0.320 e. The van der Waals surface area contributed by atoms with E-state index in [0.29, 0.717) is 5.56 Å². The molecule has 0 aromatic heterocycles. The molecular weight excluding hydrogens is 417 g/mol. The molecule has 0 saturated heterocycles. The molecule has 0 unspecified atom stereocenters. The molecule has 9 heteroatoms. The molecular formula is C21H17F3N2O3S. The van der Waals surface area contributed by atoms with Crippen LogP contribution in [0.3, 0.4) is 0 Å². The first kappa shape index (κ1) is 21.5. The summed E-state index contributed by atoms with van der Waals surface area (Å²) in [4.78, 5) is 12.2. The van der Waals surface area contributed by atoms with E-state index < -0.39 is 45.6 Å². The first-order valence-electron chi connectivity index (χ1n) is 8.81. The van der Waals surface area contributed by atoms with Gasteiger partial charge in [-0.1, -0.05) is 36.4 Å². The van der Waals surface area contributed by atoms with Crippen LogP contribution in [-0.4, -0.2) is 25.2 Å². The van der Waals surface area contributed by atoms with Crippen LogP contribution in [0.15, 0.2) is 77.7 Å². The summed E-state index contributed by atoms with van der Waals surface area (Å²) in [5.74, 6) is -3.52. The Labute approximate surface area is 171 Å². The van der Waals surface area contributed by atoms with E-state index in [0.717, 1.165) is 46.8 Å². The third-order valence-electron chi connectivity index (χ3n) is 4.20. The number of anilines is 1. The number of nitrogens with zero attached hydrogens (tertiary/aromatic N) is 1. The molecule has 3 aromatic rings. The molecule has 30 heavy (non-hydrogen) atoms. The van der Waals surface area contributed by atoms with Gasteiger partial charge in [-0.15, -0.1) is 0 Å². The molecule has 0 aliphatic carbocycles. The largest absolute Gasteiger partial charge is 0.320 e. The van der Waals surface area contributed by atoms with Crippen molar-refractivity contribution in [2.45, 2.75) is 11.4 Å². The molecule has 0 spiro atoms. The van der Waals surface area contributed by atoms with E-state index in [2.05, 4.69) is 5.32 Å². The van der Waals surface area contributed by atoms with E-state index in [1.165, 1.54) is 0 Å². The van der Waals surface area contributed by atoms with E-state index in [4.69, 9.17) is 0 Å². The highest BCUT2D eigenvalue weighted by molar-refractivity contribution is 7.89.